The highest BCUT2D eigenvalue weighted by Crippen LogP contribution is 2.14. The number of rotatable bonds is 8. The van der Waals surface area contributed by atoms with Gasteiger partial charge < -0.3 is 20.9 Å². The van der Waals surface area contributed by atoms with Crippen LogP contribution in [0.5, 0.6) is 0 Å². The van der Waals surface area contributed by atoms with E-state index >= 15 is 0 Å². The quantitative estimate of drug-likeness (QED) is 0.270. The van der Waals surface area contributed by atoms with Crippen molar-refractivity contribution >= 4 is 35.8 Å². The molecule has 1 aliphatic rings. The molecule has 1 aromatic rings. The first kappa shape index (κ1) is 26.6. The number of halogens is 2. The normalized spacial score (nSPS) is 15.6. The molecule has 1 saturated heterocycles. The van der Waals surface area contributed by atoms with Gasteiger partial charge in [-0.3, -0.25) is 9.69 Å². The molecule has 1 fully saturated rings. The zero-order valence-corrected chi connectivity index (χ0v) is 20.8. The Morgan fingerprint density at radius 3 is 2.60 bits per heavy atom. The van der Waals surface area contributed by atoms with E-state index < -0.39 is 0 Å². The van der Waals surface area contributed by atoms with Crippen molar-refractivity contribution in [1.82, 2.24) is 25.8 Å². The maximum atomic E-state index is 14.0. The van der Waals surface area contributed by atoms with Crippen LogP contribution in [0, 0.1) is 5.82 Å². The molecule has 0 aliphatic carbocycles. The Morgan fingerprint density at radius 2 is 2.00 bits per heavy atom. The van der Waals surface area contributed by atoms with Gasteiger partial charge in [0.25, 0.3) is 0 Å². The monoisotopic (exact) mass is 534 g/mol. The lowest BCUT2D eigenvalue weighted by atomic mass is 10.1. The van der Waals surface area contributed by atoms with Crippen LogP contribution in [0.25, 0.3) is 0 Å². The summed E-state index contributed by atoms with van der Waals surface area (Å²) in [5.74, 6) is 0.648. The second-order valence-corrected chi connectivity index (χ2v) is 7.73. The van der Waals surface area contributed by atoms with Gasteiger partial charge in [0.1, 0.15) is 5.82 Å². The summed E-state index contributed by atoms with van der Waals surface area (Å²) in [6.07, 6.45) is 1.93. The Morgan fingerprint density at radius 1 is 1.30 bits per heavy atom. The molecule has 30 heavy (non-hydrogen) atoms. The molecular formula is C21H36FIN6O. The maximum absolute atomic E-state index is 14.0. The van der Waals surface area contributed by atoms with Crippen LogP contribution in [-0.4, -0.2) is 75.0 Å². The first-order valence-corrected chi connectivity index (χ1v) is 10.3. The van der Waals surface area contributed by atoms with Gasteiger partial charge in [-0.05, 0) is 51.6 Å². The van der Waals surface area contributed by atoms with E-state index in [9.17, 15) is 9.18 Å². The molecule has 0 saturated carbocycles. The molecule has 9 heteroatoms. The number of amides is 1. The molecule has 2 rings (SSSR count). The van der Waals surface area contributed by atoms with Crippen molar-refractivity contribution in [2.24, 2.45) is 4.99 Å². The van der Waals surface area contributed by atoms with Gasteiger partial charge in [-0.15, -0.1) is 24.0 Å². The molecule has 1 heterocycles. The van der Waals surface area contributed by atoms with E-state index in [0.717, 1.165) is 44.0 Å². The Hall–Kier alpha value is -1.46. The van der Waals surface area contributed by atoms with Crippen LogP contribution in [-0.2, 0) is 17.9 Å². The standard InChI is InChI=1S/C21H35FN6O.HI/c1-5-24-21(26-18-8-10-28(11-9-18)15-20(29)23-2)25-13-16-6-7-19(22)17(12-16)14-27(3)4;/h6-7,12,18H,5,8-11,13-15H2,1-4H3,(H,23,29)(H2,24,25,26);1H. The van der Waals surface area contributed by atoms with E-state index in [1.165, 1.54) is 6.07 Å². The molecule has 0 aromatic heterocycles. The fourth-order valence-corrected chi connectivity index (χ4v) is 3.39. The number of piperidine rings is 1. The molecule has 1 amide bonds. The summed E-state index contributed by atoms with van der Waals surface area (Å²) in [7, 11) is 5.52. The third kappa shape index (κ3) is 9.13. The molecule has 0 spiro atoms. The average molecular weight is 534 g/mol. The van der Waals surface area contributed by atoms with Gasteiger partial charge in [-0.1, -0.05) is 6.07 Å². The molecule has 0 atom stereocenters. The molecule has 1 aliphatic heterocycles. The van der Waals surface area contributed by atoms with Crippen molar-refractivity contribution < 1.29 is 9.18 Å². The lowest BCUT2D eigenvalue weighted by Gasteiger charge is -2.32. The third-order valence-corrected chi connectivity index (χ3v) is 4.94. The first-order valence-electron chi connectivity index (χ1n) is 10.3. The van der Waals surface area contributed by atoms with Crippen LogP contribution in [0.1, 0.15) is 30.9 Å². The second-order valence-electron chi connectivity index (χ2n) is 7.73. The van der Waals surface area contributed by atoms with Crippen LogP contribution in [0.2, 0.25) is 0 Å². The van der Waals surface area contributed by atoms with Crippen LogP contribution in [0.4, 0.5) is 4.39 Å². The van der Waals surface area contributed by atoms with Crippen molar-refractivity contribution in [2.45, 2.75) is 38.9 Å². The number of likely N-dealkylation sites (N-methyl/N-ethyl adjacent to an activating group) is 1. The molecule has 0 bridgehead atoms. The van der Waals surface area contributed by atoms with Crippen LogP contribution in [0.3, 0.4) is 0 Å². The van der Waals surface area contributed by atoms with Crippen LogP contribution in [0.15, 0.2) is 23.2 Å². The number of aliphatic imine (C=N–C) groups is 1. The highest BCUT2D eigenvalue weighted by atomic mass is 127. The van der Waals surface area contributed by atoms with Gasteiger partial charge in [0.05, 0.1) is 13.1 Å². The molecule has 0 unspecified atom stereocenters. The topological polar surface area (TPSA) is 72.0 Å². The molecule has 7 nitrogen and oxygen atoms in total. The van der Waals surface area contributed by atoms with Crippen LogP contribution >= 0.6 is 24.0 Å². The lowest BCUT2D eigenvalue weighted by Crippen LogP contribution is -2.50. The number of carbonyl (C=O) groups is 1. The zero-order chi connectivity index (χ0) is 21.2. The van der Waals surface area contributed by atoms with E-state index in [-0.39, 0.29) is 35.7 Å². The van der Waals surface area contributed by atoms with Gasteiger partial charge in [-0.2, -0.15) is 0 Å². The fourth-order valence-electron chi connectivity index (χ4n) is 3.39. The first-order chi connectivity index (χ1) is 13.9. The highest BCUT2D eigenvalue weighted by molar-refractivity contribution is 14.0. The Labute approximate surface area is 196 Å². The molecule has 170 valence electrons. The number of guanidine groups is 1. The summed E-state index contributed by atoms with van der Waals surface area (Å²) in [6.45, 7) is 6.10. The minimum Gasteiger partial charge on any atom is -0.358 e. The second kappa shape index (κ2) is 13.8. The number of likely N-dealkylation sites (tertiary alicyclic amines) is 1. The maximum Gasteiger partial charge on any atom is 0.233 e. The summed E-state index contributed by atoms with van der Waals surface area (Å²) in [5, 5.41) is 9.46. The van der Waals surface area contributed by atoms with E-state index in [0.29, 0.717) is 31.2 Å². The summed E-state index contributed by atoms with van der Waals surface area (Å²) < 4.78 is 14.0. The van der Waals surface area contributed by atoms with Gasteiger partial charge in [0.15, 0.2) is 5.96 Å². The number of carbonyl (C=O) groups excluding carboxylic acids is 1. The van der Waals surface area contributed by atoms with Crippen molar-refractivity contribution in [2.75, 3.05) is 47.3 Å². The van der Waals surface area contributed by atoms with Crippen molar-refractivity contribution in [3.05, 3.63) is 35.1 Å². The SMILES string of the molecule is CCNC(=NCc1ccc(F)c(CN(C)C)c1)NC1CCN(CC(=O)NC)CC1.I. The fraction of sp³-hybridized carbons (Fsp3) is 0.619. The summed E-state index contributed by atoms with van der Waals surface area (Å²) in [5.41, 5.74) is 1.67. The van der Waals surface area contributed by atoms with Crippen molar-refractivity contribution in [3.8, 4) is 0 Å². The van der Waals surface area contributed by atoms with Gasteiger partial charge in [-0.25, -0.2) is 9.38 Å². The van der Waals surface area contributed by atoms with E-state index in [2.05, 4.69) is 25.8 Å². The average Bonchev–Trinajstić information content (AvgIpc) is 2.69. The van der Waals surface area contributed by atoms with Gasteiger partial charge >= 0.3 is 0 Å². The van der Waals surface area contributed by atoms with Crippen molar-refractivity contribution in [1.29, 1.82) is 0 Å². The minimum atomic E-state index is -0.181. The predicted octanol–water partition coefficient (Wildman–Crippen LogP) is 1.77. The summed E-state index contributed by atoms with van der Waals surface area (Å²) >= 11 is 0. The number of hydrogen-bond donors (Lipinski definition) is 3. The van der Waals surface area contributed by atoms with E-state index in [4.69, 9.17) is 0 Å². The Kier molecular flexibility index (Phi) is 12.2. The smallest absolute Gasteiger partial charge is 0.233 e. The molecule has 3 N–H and O–H groups in total. The van der Waals surface area contributed by atoms with Gasteiger partial charge in [0.2, 0.25) is 5.91 Å². The molecular weight excluding hydrogens is 498 g/mol. The van der Waals surface area contributed by atoms with Gasteiger partial charge in [0, 0.05) is 44.8 Å². The predicted molar refractivity (Wildman–Crippen MR) is 131 cm³/mol. The lowest BCUT2D eigenvalue weighted by molar-refractivity contribution is -0.122. The molecule has 0 radical (unpaired) electrons. The number of nitrogens with one attached hydrogen (secondary N) is 3. The number of benzene rings is 1. The Balaban J connectivity index is 0.00000450. The van der Waals surface area contributed by atoms with E-state index in [1.807, 2.05) is 32.0 Å². The van der Waals surface area contributed by atoms with E-state index in [1.54, 1.807) is 13.1 Å². The summed E-state index contributed by atoms with van der Waals surface area (Å²) in [4.78, 5) is 20.3. The number of hydrogen-bond acceptors (Lipinski definition) is 4. The Bertz CT molecular complexity index is 692. The minimum absolute atomic E-state index is 0. The largest absolute Gasteiger partial charge is 0.358 e. The van der Waals surface area contributed by atoms with Crippen molar-refractivity contribution in [3.63, 3.8) is 0 Å². The summed E-state index contributed by atoms with van der Waals surface area (Å²) in [6, 6.07) is 5.52. The number of nitrogens with zero attached hydrogens (tertiary/aromatic N) is 3. The highest BCUT2D eigenvalue weighted by Gasteiger charge is 2.21. The van der Waals surface area contributed by atoms with Crippen LogP contribution < -0.4 is 16.0 Å². The molecule has 1 aromatic carbocycles. The zero-order valence-electron chi connectivity index (χ0n) is 18.5. The third-order valence-electron chi connectivity index (χ3n) is 4.94.